The molecular weight excluding hydrogens is 428 g/mol. The van der Waals surface area contributed by atoms with Gasteiger partial charge in [-0.1, -0.05) is 23.5 Å². The highest BCUT2D eigenvalue weighted by molar-refractivity contribution is 7.99. The minimum absolute atomic E-state index is 0.169. The number of amides is 2. The first-order valence-corrected chi connectivity index (χ1v) is 10.9. The average molecular weight is 448 g/mol. The minimum Gasteiger partial charge on any atom is -0.294 e. The van der Waals surface area contributed by atoms with E-state index in [2.05, 4.69) is 9.82 Å². The fraction of sp³-hybridized carbons (Fsp3) is 0.200. The molecule has 1 aromatic heterocycles. The second-order valence-corrected chi connectivity index (χ2v) is 8.78. The van der Waals surface area contributed by atoms with Gasteiger partial charge in [0.25, 0.3) is 0 Å². The van der Waals surface area contributed by atoms with Crippen molar-refractivity contribution in [3.8, 4) is 11.1 Å². The Morgan fingerprint density at radius 2 is 1.87 bits per heavy atom. The van der Waals surface area contributed by atoms with Gasteiger partial charge in [0.2, 0.25) is 0 Å². The number of hydrazine groups is 1. The van der Waals surface area contributed by atoms with E-state index < -0.39 is 11.6 Å². The molecule has 4 rings (SSSR count). The molecule has 30 heavy (non-hydrogen) atoms. The van der Waals surface area contributed by atoms with Crippen molar-refractivity contribution in [2.75, 3.05) is 22.9 Å². The minimum atomic E-state index is -0.501. The van der Waals surface area contributed by atoms with Gasteiger partial charge in [-0.25, -0.2) is 18.6 Å². The third-order valence-electron chi connectivity index (χ3n) is 4.77. The van der Waals surface area contributed by atoms with Crippen LogP contribution < -0.4 is 20.5 Å². The SMILES string of the molecule is Cc1nc(N2CCCN(c3ccc(-c4cc(F)ccc4F)cc3)C2=O)sc1SNN. The van der Waals surface area contributed by atoms with Crippen LogP contribution >= 0.6 is 23.3 Å². The van der Waals surface area contributed by atoms with E-state index in [1.165, 1.54) is 23.3 Å². The molecule has 2 heterocycles. The molecule has 2 aromatic carbocycles. The Bertz CT molecular complexity index is 1070. The molecule has 3 N–H and O–H groups in total. The standard InChI is InChI=1S/C20H19F2N5OS2/c1-12-18(30-25-23)29-19(24-12)27-10-2-9-26(20(27)28)15-6-3-13(4-7-15)16-11-14(21)5-8-17(16)22/h3-8,11,25H,2,9-10,23H2,1H3. The molecule has 1 aliphatic heterocycles. The molecule has 1 aliphatic rings. The van der Waals surface area contributed by atoms with Gasteiger partial charge in [-0.3, -0.25) is 15.6 Å². The molecule has 1 saturated heterocycles. The van der Waals surface area contributed by atoms with Crippen LogP contribution in [0.1, 0.15) is 12.1 Å². The quantitative estimate of drug-likeness (QED) is 0.337. The first-order valence-electron chi connectivity index (χ1n) is 9.22. The molecule has 3 aromatic rings. The number of hydrogen-bond donors (Lipinski definition) is 2. The highest BCUT2D eigenvalue weighted by atomic mass is 32.2. The first-order chi connectivity index (χ1) is 14.5. The van der Waals surface area contributed by atoms with Gasteiger partial charge in [0.1, 0.15) is 15.8 Å². The van der Waals surface area contributed by atoms with Crippen molar-refractivity contribution in [3.63, 3.8) is 0 Å². The predicted molar refractivity (Wildman–Crippen MR) is 117 cm³/mol. The molecular formula is C20H19F2N5OS2. The number of nitrogens with zero attached hydrogens (tertiary/aromatic N) is 3. The summed E-state index contributed by atoms with van der Waals surface area (Å²) in [6, 6.07) is 10.0. The Labute approximate surface area is 180 Å². The lowest BCUT2D eigenvalue weighted by Crippen LogP contribution is -2.49. The molecule has 0 spiro atoms. The van der Waals surface area contributed by atoms with Gasteiger partial charge < -0.3 is 0 Å². The third-order valence-corrected chi connectivity index (χ3v) is 6.84. The lowest BCUT2D eigenvalue weighted by atomic mass is 10.0. The number of rotatable bonds is 5. The van der Waals surface area contributed by atoms with Crippen molar-refractivity contribution in [1.29, 1.82) is 0 Å². The molecule has 0 radical (unpaired) electrons. The summed E-state index contributed by atoms with van der Waals surface area (Å²) >= 11 is 2.67. The third kappa shape index (κ3) is 4.04. The van der Waals surface area contributed by atoms with Crippen molar-refractivity contribution in [1.82, 2.24) is 9.82 Å². The van der Waals surface area contributed by atoms with E-state index in [9.17, 15) is 13.6 Å². The lowest BCUT2D eigenvalue weighted by molar-refractivity contribution is 0.248. The fourth-order valence-electron chi connectivity index (χ4n) is 3.31. The number of benzene rings is 2. The van der Waals surface area contributed by atoms with E-state index in [0.29, 0.717) is 29.5 Å². The number of carbonyl (C=O) groups excluding carboxylic acids is 1. The topological polar surface area (TPSA) is 74.5 Å². The van der Waals surface area contributed by atoms with Gasteiger partial charge in [-0.2, -0.15) is 4.83 Å². The summed E-state index contributed by atoms with van der Waals surface area (Å²) in [5, 5.41) is 0.624. The summed E-state index contributed by atoms with van der Waals surface area (Å²) in [5.41, 5.74) is 2.23. The van der Waals surface area contributed by atoms with E-state index in [-0.39, 0.29) is 11.6 Å². The largest absolute Gasteiger partial charge is 0.330 e. The number of nitrogens with one attached hydrogen (secondary N) is 1. The van der Waals surface area contributed by atoms with Crippen molar-refractivity contribution in [3.05, 3.63) is 59.8 Å². The number of urea groups is 1. The molecule has 2 amide bonds. The Morgan fingerprint density at radius 1 is 1.13 bits per heavy atom. The highest BCUT2D eigenvalue weighted by Crippen LogP contribution is 2.35. The van der Waals surface area contributed by atoms with Gasteiger partial charge >= 0.3 is 6.03 Å². The van der Waals surface area contributed by atoms with E-state index in [1.54, 1.807) is 34.1 Å². The number of halogens is 2. The van der Waals surface area contributed by atoms with E-state index in [0.717, 1.165) is 34.5 Å². The van der Waals surface area contributed by atoms with Crippen LogP contribution in [0.3, 0.4) is 0 Å². The molecule has 1 fully saturated rings. The van der Waals surface area contributed by atoms with Gasteiger partial charge in [-0.15, -0.1) is 0 Å². The molecule has 6 nitrogen and oxygen atoms in total. The van der Waals surface area contributed by atoms with Crippen molar-refractivity contribution in [2.24, 2.45) is 5.84 Å². The summed E-state index contributed by atoms with van der Waals surface area (Å²) in [7, 11) is 0. The number of nitrogens with two attached hydrogens (primary N) is 1. The maximum atomic E-state index is 14.0. The number of thiazole rings is 1. The van der Waals surface area contributed by atoms with Crippen LogP contribution in [-0.2, 0) is 0 Å². The van der Waals surface area contributed by atoms with Crippen LogP contribution in [0.25, 0.3) is 11.1 Å². The van der Waals surface area contributed by atoms with Gasteiger partial charge in [0, 0.05) is 24.3 Å². The first kappa shape index (κ1) is 20.7. The zero-order chi connectivity index (χ0) is 21.3. The molecule has 156 valence electrons. The zero-order valence-electron chi connectivity index (χ0n) is 16.1. The van der Waals surface area contributed by atoms with Crippen molar-refractivity contribution < 1.29 is 13.6 Å². The molecule has 0 atom stereocenters. The summed E-state index contributed by atoms with van der Waals surface area (Å²) < 4.78 is 28.4. The van der Waals surface area contributed by atoms with Gasteiger partial charge in [-0.05, 0) is 61.2 Å². The number of aromatic nitrogens is 1. The van der Waals surface area contributed by atoms with Crippen LogP contribution in [0.4, 0.5) is 24.4 Å². The Morgan fingerprint density at radius 3 is 2.60 bits per heavy atom. The number of hydrogen-bond acceptors (Lipinski definition) is 6. The highest BCUT2D eigenvalue weighted by Gasteiger charge is 2.30. The van der Waals surface area contributed by atoms with E-state index >= 15 is 0 Å². The molecule has 0 unspecified atom stereocenters. The predicted octanol–water partition coefficient (Wildman–Crippen LogP) is 4.70. The summed E-state index contributed by atoms with van der Waals surface area (Å²) in [6.45, 7) is 3.02. The fourth-order valence-corrected chi connectivity index (χ4v) is 4.97. The van der Waals surface area contributed by atoms with Crippen LogP contribution in [0.15, 0.2) is 46.7 Å². The molecule has 0 bridgehead atoms. The van der Waals surface area contributed by atoms with Crippen molar-refractivity contribution >= 4 is 40.1 Å². The number of anilines is 2. The second-order valence-electron chi connectivity index (χ2n) is 6.70. The van der Waals surface area contributed by atoms with Gasteiger partial charge in [0.15, 0.2) is 5.13 Å². The molecule has 0 aliphatic carbocycles. The maximum absolute atomic E-state index is 14.0. The lowest BCUT2D eigenvalue weighted by Gasteiger charge is -2.34. The monoisotopic (exact) mass is 447 g/mol. The number of aryl methyl sites for hydroxylation is 1. The smallest absolute Gasteiger partial charge is 0.294 e. The summed E-state index contributed by atoms with van der Waals surface area (Å²) in [6.07, 6.45) is 0.780. The Kier molecular flexibility index (Phi) is 6.00. The van der Waals surface area contributed by atoms with Crippen LogP contribution in [0.2, 0.25) is 0 Å². The van der Waals surface area contributed by atoms with Crippen LogP contribution in [-0.4, -0.2) is 24.1 Å². The average Bonchev–Trinajstić information content (AvgIpc) is 3.11. The van der Waals surface area contributed by atoms with Crippen LogP contribution in [0, 0.1) is 18.6 Å². The van der Waals surface area contributed by atoms with E-state index in [1.807, 2.05) is 6.92 Å². The van der Waals surface area contributed by atoms with Gasteiger partial charge in [0.05, 0.1) is 5.69 Å². The molecule has 0 saturated carbocycles. The van der Waals surface area contributed by atoms with E-state index in [4.69, 9.17) is 5.84 Å². The normalized spacial score (nSPS) is 14.5. The second kappa shape index (κ2) is 8.68. The van der Waals surface area contributed by atoms with Crippen molar-refractivity contribution in [2.45, 2.75) is 17.6 Å². The Hall–Kier alpha value is -2.53. The summed E-state index contributed by atoms with van der Waals surface area (Å²) in [5.74, 6) is 4.38. The Balaban J connectivity index is 1.57. The maximum Gasteiger partial charge on any atom is 0.330 e. The van der Waals surface area contributed by atoms with Crippen LogP contribution in [0.5, 0.6) is 0 Å². The summed E-state index contributed by atoms with van der Waals surface area (Å²) in [4.78, 5) is 23.5. The zero-order valence-corrected chi connectivity index (χ0v) is 17.7. The molecule has 10 heteroatoms. The number of carbonyl (C=O) groups is 1.